The summed E-state index contributed by atoms with van der Waals surface area (Å²) in [7, 11) is 0. The number of piperazine rings is 1. The highest BCUT2D eigenvalue weighted by molar-refractivity contribution is 5.89. The van der Waals surface area contributed by atoms with E-state index in [-0.39, 0.29) is 5.82 Å². The minimum Gasteiger partial charge on any atom is -0.478 e. The summed E-state index contributed by atoms with van der Waals surface area (Å²) in [6.45, 7) is 3.79. The molecule has 2 aliphatic rings. The fourth-order valence-electron chi connectivity index (χ4n) is 3.93. The van der Waals surface area contributed by atoms with Crippen LogP contribution in [-0.2, 0) is 22.4 Å². The smallest absolute Gasteiger partial charge is 0.328 e. The maximum absolute atomic E-state index is 13.4. The van der Waals surface area contributed by atoms with Crippen LogP contribution < -0.4 is 10.2 Å². The third kappa shape index (κ3) is 7.35. The molecule has 2 aromatic rings. The first kappa shape index (κ1) is 24.3. The Morgan fingerprint density at radius 1 is 0.909 bits per heavy atom. The summed E-state index contributed by atoms with van der Waals surface area (Å²) in [6.07, 6.45) is 8.06. The lowest BCUT2D eigenvalue weighted by molar-refractivity contribution is -0.134. The van der Waals surface area contributed by atoms with Crippen molar-refractivity contribution >= 4 is 17.9 Å². The number of aromatic nitrogens is 2. The Bertz CT molecular complexity index is 973. The molecule has 1 saturated heterocycles. The number of aryl methyl sites for hydroxylation is 1. The number of hydrogen-bond acceptors (Lipinski definition) is 6. The van der Waals surface area contributed by atoms with E-state index in [0.29, 0.717) is 12.2 Å². The molecule has 176 valence electrons. The first-order valence-corrected chi connectivity index (χ1v) is 11.2. The quantitative estimate of drug-likeness (QED) is 0.602. The van der Waals surface area contributed by atoms with Gasteiger partial charge in [-0.15, -0.1) is 0 Å². The van der Waals surface area contributed by atoms with E-state index in [4.69, 9.17) is 20.2 Å². The van der Waals surface area contributed by atoms with Crippen molar-refractivity contribution in [1.82, 2.24) is 15.3 Å². The monoisotopic (exact) mass is 456 g/mol. The highest BCUT2D eigenvalue weighted by Gasteiger charge is 2.21. The van der Waals surface area contributed by atoms with Crippen molar-refractivity contribution < 1.29 is 24.2 Å². The van der Waals surface area contributed by atoms with Gasteiger partial charge in [0, 0.05) is 55.2 Å². The van der Waals surface area contributed by atoms with Crippen LogP contribution in [0.25, 0.3) is 11.3 Å². The number of hydrogen-bond donors (Lipinski definition) is 3. The average Bonchev–Trinajstić information content (AvgIpc) is 2.79. The first-order valence-electron chi connectivity index (χ1n) is 11.2. The Labute approximate surface area is 192 Å². The number of rotatable bonds is 4. The fourth-order valence-corrected chi connectivity index (χ4v) is 3.93. The second-order valence-corrected chi connectivity index (χ2v) is 7.97. The molecule has 4 rings (SSSR count). The van der Waals surface area contributed by atoms with Gasteiger partial charge in [0.15, 0.2) is 0 Å². The number of benzene rings is 1. The maximum atomic E-state index is 13.4. The Morgan fingerprint density at radius 2 is 1.52 bits per heavy atom. The van der Waals surface area contributed by atoms with Gasteiger partial charge >= 0.3 is 11.9 Å². The SMILES string of the molecule is Fc1ccc(-c2nc(N3CCNCC3)nc3c2CCCCCC3)cc1.O=C(O)C=CC(=O)O. The van der Waals surface area contributed by atoms with Crippen molar-refractivity contribution in [2.45, 2.75) is 38.5 Å². The molecule has 1 aliphatic carbocycles. The number of fused-ring (bicyclic) bond motifs is 1. The van der Waals surface area contributed by atoms with Gasteiger partial charge in [-0.05, 0) is 49.9 Å². The van der Waals surface area contributed by atoms with E-state index in [1.54, 1.807) is 0 Å². The summed E-state index contributed by atoms with van der Waals surface area (Å²) in [5, 5.41) is 19.0. The molecule has 1 aromatic heterocycles. The number of anilines is 1. The van der Waals surface area contributed by atoms with Crippen LogP contribution >= 0.6 is 0 Å². The van der Waals surface area contributed by atoms with Gasteiger partial charge in [0.1, 0.15) is 5.82 Å². The molecule has 0 bridgehead atoms. The molecular weight excluding hydrogens is 427 g/mol. The molecule has 33 heavy (non-hydrogen) atoms. The van der Waals surface area contributed by atoms with Gasteiger partial charge in [0.25, 0.3) is 0 Å². The number of halogens is 1. The normalized spacial score (nSPS) is 16.2. The van der Waals surface area contributed by atoms with Crippen molar-refractivity contribution in [3.8, 4) is 11.3 Å². The van der Waals surface area contributed by atoms with Crippen LogP contribution in [-0.4, -0.2) is 58.3 Å². The highest BCUT2D eigenvalue weighted by Crippen LogP contribution is 2.30. The second-order valence-electron chi connectivity index (χ2n) is 7.97. The molecule has 0 amide bonds. The van der Waals surface area contributed by atoms with Crippen molar-refractivity contribution in [2.75, 3.05) is 31.1 Å². The molecule has 0 spiro atoms. The third-order valence-corrected chi connectivity index (χ3v) is 5.56. The molecule has 3 N–H and O–H groups in total. The second kappa shape index (κ2) is 12.1. The van der Waals surface area contributed by atoms with E-state index in [0.717, 1.165) is 56.2 Å². The number of carboxylic acid groups (broad SMARTS) is 2. The van der Waals surface area contributed by atoms with Crippen LogP contribution in [0.1, 0.15) is 36.9 Å². The lowest BCUT2D eigenvalue weighted by Gasteiger charge is -2.29. The molecule has 9 heteroatoms. The van der Waals surface area contributed by atoms with Crippen LogP contribution in [0.4, 0.5) is 10.3 Å². The summed E-state index contributed by atoms with van der Waals surface area (Å²) >= 11 is 0. The van der Waals surface area contributed by atoms with Crippen LogP contribution in [0.3, 0.4) is 0 Å². The molecule has 1 aromatic carbocycles. The van der Waals surface area contributed by atoms with Gasteiger partial charge in [0.05, 0.1) is 5.69 Å². The van der Waals surface area contributed by atoms with E-state index >= 15 is 0 Å². The minimum atomic E-state index is -1.26. The number of carbonyl (C=O) groups is 2. The van der Waals surface area contributed by atoms with E-state index < -0.39 is 11.9 Å². The molecule has 1 aliphatic heterocycles. The van der Waals surface area contributed by atoms with Crippen molar-refractivity contribution in [3.05, 3.63) is 53.5 Å². The fraction of sp³-hybridized carbons (Fsp3) is 0.417. The molecule has 8 nitrogen and oxygen atoms in total. The minimum absolute atomic E-state index is 0.206. The Hall–Kier alpha value is -3.33. The van der Waals surface area contributed by atoms with Crippen molar-refractivity contribution in [1.29, 1.82) is 0 Å². The summed E-state index contributed by atoms with van der Waals surface area (Å²) in [4.78, 5) is 31.3. The summed E-state index contributed by atoms with van der Waals surface area (Å²) in [6, 6.07) is 6.74. The molecule has 0 saturated carbocycles. The first-order chi connectivity index (χ1) is 15.9. The lowest BCUT2D eigenvalue weighted by Crippen LogP contribution is -2.44. The molecule has 0 radical (unpaired) electrons. The topological polar surface area (TPSA) is 116 Å². The molecule has 0 unspecified atom stereocenters. The summed E-state index contributed by atoms with van der Waals surface area (Å²) in [5.74, 6) is -1.89. The van der Waals surface area contributed by atoms with Crippen LogP contribution in [0.15, 0.2) is 36.4 Å². The zero-order valence-corrected chi connectivity index (χ0v) is 18.5. The predicted molar refractivity (Wildman–Crippen MR) is 123 cm³/mol. The van der Waals surface area contributed by atoms with Gasteiger partial charge in [-0.1, -0.05) is 12.8 Å². The molecule has 2 heterocycles. The number of aliphatic carboxylic acids is 2. The Balaban J connectivity index is 0.000000331. The maximum Gasteiger partial charge on any atom is 0.328 e. The standard InChI is InChI=1S/C20H25FN4.C4H4O4/c21-16-9-7-15(8-10-16)19-17-5-3-1-2-4-6-18(17)23-20(24-19)25-13-11-22-12-14-25;5-3(6)1-2-4(7)8/h7-10,22H,1-6,11-14H2;1-2H,(H,5,6)(H,7,8). The Morgan fingerprint density at radius 3 is 2.12 bits per heavy atom. The summed E-state index contributed by atoms with van der Waals surface area (Å²) in [5.41, 5.74) is 4.46. The highest BCUT2D eigenvalue weighted by atomic mass is 19.1. The van der Waals surface area contributed by atoms with Gasteiger partial charge < -0.3 is 20.4 Å². The zero-order valence-electron chi connectivity index (χ0n) is 18.5. The zero-order chi connectivity index (χ0) is 23.6. The van der Waals surface area contributed by atoms with Gasteiger partial charge in [-0.2, -0.15) is 0 Å². The van der Waals surface area contributed by atoms with Crippen LogP contribution in [0.2, 0.25) is 0 Å². The number of carboxylic acids is 2. The van der Waals surface area contributed by atoms with Crippen molar-refractivity contribution in [2.24, 2.45) is 0 Å². The Kier molecular flexibility index (Phi) is 8.88. The van der Waals surface area contributed by atoms with Crippen LogP contribution in [0.5, 0.6) is 0 Å². The molecule has 0 atom stereocenters. The largest absolute Gasteiger partial charge is 0.478 e. The predicted octanol–water partition coefficient (Wildman–Crippen LogP) is 3.06. The van der Waals surface area contributed by atoms with Gasteiger partial charge in [-0.25, -0.2) is 23.9 Å². The van der Waals surface area contributed by atoms with E-state index in [9.17, 15) is 14.0 Å². The van der Waals surface area contributed by atoms with Crippen LogP contribution in [0, 0.1) is 5.82 Å². The lowest BCUT2D eigenvalue weighted by atomic mass is 9.93. The number of nitrogens with one attached hydrogen (secondary N) is 1. The van der Waals surface area contributed by atoms with Gasteiger partial charge in [0.2, 0.25) is 5.95 Å². The number of nitrogens with zero attached hydrogens (tertiary/aromatic N) is 3. The summed E-state index contributed by atoms with van der Waals surface area (Å²) < 4.78 is 13.4. The molecule has 1 fully saturated rings. The third-order valence-electron chi connectivity index (χ3n) is 5.56. The van der Waals surface area contributed by atoms with Crippen molar-refractivity contribution in [3.63, 3.8) is 0 Å². The van der Waals surface area contributed by atoms with E-state index in [1.807, 2.05) is 12.1 Å². The average molecular weight is 457 g/mol. The van der Waals surface area contributed by atoms with Gasteiger partial charge in [-0.3, -0.25) is 0 Å². The van der Waals surface area contributed by atoms with E-state index in [2.05, 4.69) is 10.2 Å². The molecular formula is C24H29FN4O4. The van der Waals surface area contributed by atoms with E-state index in [1.165, 1.54) is 49.1 Å².